The Bertz CT molecular complexity index is 491. The Kier molecular flexibility index (Phi) is 2.92. The van der Waals surface area contributed by atoms with E-state index in [1.165, 1.54) is 0 Å². The second-order valence-corrected chi connectivity index (χ2v) is 5.29. The third kappa shape index (κ3) is 1.85. The summed E-state index contributed by atoms with van der Waals surface area (Å²) in [6, 6.07) is 6.18. The maximum absolute atomic E-state index is 12.3. The summed E-state index contributed by atoms with van der Waals surface area (Å²) >= 11 is 6.13. The standard InChI is InChI=1S/C13H16ClN3O/c1-9-2-3-10(6-12(9)14)17-8-11-7-15-4-5-16(11)13(17)18/h2-3,6,11,15H,4-5,7-8H2,1H3. The van der Waals surface area contributed by atoms with Gasteiger partial charge in [-0.25, -0.2) is 4.79 Å². The largest absolute Gasteiger partial charge is 0.324 e. The smallest absolute Gasteiger partial charge is 0.317 e. The highest BCUT2D eigenvalue weighted by atomic mass is 35.5. The lowest BCUT2D eigenvalue weighted by molar-refractivity contribution is 0.193. The van der Waals surface area contributed by atoms with Gasteiger partial charge in [0.05, 0.1) is 6.04 Å². The molecule has 0 saturated carbocycles. The van der Waals surface area contributed by atoms with Gasteiger partial charge in [-0.15, -0.1) is 0 Å². The summed E-state index contributed by atoms with van der Waals surface area (Å²) < 4.78 is 0. The van der Waals surface area contributed by atoms with Crippen molar-refractivity contribution in [2.75, 3.05) is 31.1 Å². The number of hydrogen-bond acceptors (Lipinski definition) is 2. The van der Waals surface area contributed by atoms with Crippen molar-refractivity contribution < 1.29 is 4.79 Å². The molecule has 0 aliphatic carbocycles. The van der Waals surface area contributed by atoms with Gasteiger partial charge in [0.2, 0.25) is 0 Å². The lowest BCUT2D eigenvalue weighted by atomic mass is 10.2. The lowest BCUT2D eigenvalue weighted by Gasteiger charge is -2.28. The zero-order valence-electron chi connectivity index (χ0n) is 10.3. The topological polar surface area (TPSA) is 35.6 Å². The molecule has 2 amide bonds. The van der Waals surface area contributed by atoms with Gasteiger partial charge in [-0.05, 0) is 24.6 Å². The second-order valence-electron chi connectivity index (χ2n) is 4.88. The van der Waals surface area contributed by atoms with E-state index in [-0.39, 0.29) is 12.1 Å². The molecular weight excluding hydrogens is 250 g/mol. The number of anilines is 1. The van der Waals surface area contributed by atoms with Crippen LogP contribution in [0.15, 0.2) is 18.2 Å². The Morgan fingerprint density at radius 1 is 1.44 bits per heavy atom. The molecule has 5 heteroatoms. The summed E-state index contributed by atoms with van der Waals surface area (Å²) in [6.45, 7) is 5.25. The summed E-state index contributed by atoms with van der Waals surface area (Å²) in [5.74, 6) is 0. The number of rotatable bonds is 1. The van der Waals surface area contributed by atoms with Gasteiger partial charge in [-0.2, -0.15) is 0 Å². The number of carbonyl (C=O) groups excluding carboxylic acids is 1. The van der Waals surface area contributed by atoms with Gasteiger partial charge in [0, 0.05) is 36.9 Å². The van der Waals surface area contributed by atoms with Crippen LogP contribution in [-0.4, -0.2) is 43.2 Å². The predicted octanol–water partition coefficient (Wildman–Crippen LogP) is 1.86. The van der Waals surface area contributed by atoms with Crippen LogP contribution in [0, 0.1) is 6.92 Å². The van der Waals surface area contributed by atoms with E-state index in [2.05, 4.69) is 5.32 Å². The van der Waals surface area contributed by atoms with E-state index in [9.17, 15) is 4.79 Å². The lowest BCUT2D eigenvalue weighted by Crippen LogP contribution is -2.49. The molecule has 1 N–H and O–H groups in total. The van der Waals surface area contributed by atoms with Crippen molar-refractivity contribution in [1.82, 2.24) is 10.2 Å². The molecule has 4 nitrogen and oxygen atoms in total. The first-order valence-corrected chi connectivity index (χ1v) is 6.59. The molecule has 0 radical (unpaired) electrons. The van der Waals surface area contributed by atoms with Gasteiger partial charge < -0.3 is 10.2 Å². The molecule has 0 spiro atoms. The number of carbonyl (C=O) groups is 1. The molecule has 3 rings (SSSR count). The molecule has 2 fully saturated rings. The van der Waals surface area contributed by atoms with Crippen molar-refractivity contribution in [1.29, 1.82) is 0 Å². The minimum Gasteiger partial charge on any atom is -0.317 e. The Labute approximate surface area is 112 Å². The Balaban J connectivity index is 1.88. The van der Waals surface area contributed by atoms with E-state index in [0.717, 1.165) is 37.4 Å². The van der Waals surface area contributed by atoms with Crippen LogP contribution in [0.3, 0.4) is 0 Å². The highest BCUT2D eigenvalue weighted by Gasteiger charge is 2.39. The summed E-state index contributed by atoms with van der Waals surface area (Å²) in [6.07, 6.45) is 0. The molecule has 2 aliphatic heterocycles. The molecule has 1 unspecified atom stereocenters. The first-order chi connectivity index (χ1) is 8.66. The van der Waals surface area contributed by atoms with Crippen LogP contribution in [-0.2, 0) is 0 Å². The average Bonchev–Trinajstić information content (AvgIpc) is 2.71. The Morgan fingerprint density at radius 3 is 3.00 bits per heavy atom. The van der Waals surface area contributed by atoms with Crippen LogP contribution in [0.25, 0.3) is 0 Å². The first-order valence-electron chi connectivity index (χ1n) is 6.22. The van der Waals surface area contributed by atoms with Crippen LogP contribution in [0.2, 0.25) is 5.02 Å². The van der Waals surface area contributed by atoms with Gasteiger partial charge in [0.25, 0.3) is 0 Å². The second kappa shape index (κ2) is 4.44. The molecule has 18 heavy (non-hydrogen) atoms. The van der Waals surface area contributed by atoms with Crippen LogP contribution in [0.4, 0.5) is 10.5 Å². The van der Waals surface area contributed by atoms with Crippen molar-refractivity contribution in [2.24, 2.45) is 0 Å². The molecule has 1 aromatic rings. The average molecular weight is 266 g/mol. The third-order valence-electron chi connectivity index (χ3n) is 3.69. The van der Waals surface area contributed by atoms with E-state index in [1.807, 2.05) is 34.9 Å². The number of aryl methyl sites for hydroxylation is 1. The summed E-state index contributed by atoms with van der Waals surface area (Å²) in [7, 11) is 0. The van der Waals surface area contributed by atoms with E-state index in [1.54, 1.807) is 0 Å². The van der Waals surface area contributed by atoms with Gasteiger partial charge in [-0.1, -0.05) is 17.7 Å². The van der Waals surface area contributed by atoms with Gasteiger partial charge in [0.15, 0.2) is 0 Å². The maximum Gasteiger partial charge on any atom is 0.324 e. The molecule has 2 aliphatic rings. The zero-order valence-corrected chi connectivity index (χ0v) is 11.1. The minimum atomic E-state index is 0.0985. The van der Waals surface area contributed by atoms with E-state index < -0.39 is 0 Å². The van der Waals surface area contributed by atoms with Crippen molar-refractivity contribution in [3.8, 4) is 0 Å². The normalized spacial score (nSPS) is 23.4. The molecule has 1 aromatic carbocycles. The number of hydrogen-bond donors (Lipinski definition) is 1. The fourth-order valence-corrected chi connectivity index (χ4v) is 2.76. The fraction of sp³-hybridized carbons (Fsp3) is 0.462. The number of piperazine rings is 1. The number of urea groups is 1. The minimum absolute atomic E-state index is 0.0985. The molecule has 0 bridgehead atoms. The number of benzene rings is 1. The van der Waals surface area contributed by atoms with Gasteiger partial charge >= 0.3 is 6.03 Å². The number of nitrogens with zero attached hydrogens (tertiary/aromatic N) is 2. The summed E-state index contributed by atoms with van der Waals surface area (Å²) in [5.41, 5.74) is 1.93. The first kappa shape index (κ1) is 11.8. The van der Waals surface area contributed by atoms with Crippen molar-refractivity contribution in [3.05, 3.63) is 28.8 Å². The van der Waals surface area contributed by atoms with E-state index >= 15 is 0 Å². The SMILES string of the molecule is Cc1ccc(N2CC3CNCCN3C2=O)cc1Cl. The molecule has 2 heterocycles. The Hall–Kier alpha value is -1.26. The van der Waals surface area contributed by atoms with Crippen molar-refractivity contribution >= 4 is 23.3 Å². The van der Waals surface area contributed by atoms with Crippen LogP contribution < -0.4 is 10.2 Å². The van der Waals surface area contributed by atoms with Crippen LogP contribution >= 0.6 is 11.6 Å². The number of halogens is 1. The van der Waals surface area contributed by atoms with Gasteiger partial charge in [-0.3, -0.25) is 4.90 Å². The number of fused-ring (bicyclic) bond motifs is 1. The van der Waals surface area contributed by atoms with Crippen LogP contribution in [0.5, 0.6) is 0 Å². The number of nitrogens with one attached hydrogen (secondary N) is 1. The highest BCUT2D eigenvalue weighted by molar-refractivity contribution is 6.31. The monoisotopic (exact) mass is 265 g/mol. The maximum atomic E-state index is 12.3. The van der Waals surface area contributed by atoms with E-state index in [0.29, 0.717) is 5.02 Å². The highest BCUT2D eigenvalue weighted by Crippen LogP contribution is 2.28. The molecule has 0 aromatic heterocycles. The zero-order chi connectivity index (χ0) is 12.7. The molecular formula is C13H16ClN3O. The van der Waals surface area contributed by atoms with Crippen molar-refractivity contribution in [3.63, 3.8) is 0 Å². The number of amides is 2. The molecule has 1 atom stereocenters. The third-order valence-corrected chi connectivity index (χ3v) is 4.09. The summed E-state index contributed by atoms with van der Waals surface area (Å²) in [4.78, 5) is 16.1. The summed E-state index contributed by atoms with van der Waals surface area (Å²) in [5, 5.41) is 4.03. The fourth-order valence-electron chi connectivity index (χ4n) is 2.59. The molecule has 96 valence electrons. The Morgan fingerprint density at radius 2 is 2.28 bits per heavy atom. The molecule has 2 saturated heterocycles. The quantitative estimate of drug-likeness (QED) is 0.841. The predicted molar refractivity (Wildman–Crippen MR) is 72.3 cm³/mol. The van der Waals surface area contributed by atoms with E-state index in [4.69, 9.17) is 11.6 Å². The van der Waals surface area contributed by atoms with Crippen LogP contribution in [0.1, 0.15) is 5.56 Å². The van der Waals surface area contributed by atoms with Gasteiger partial charge in [0.1, 0.15) is 0 Å². The van der Waals surface area contributed by atoms with Crippen molar-refractivity contribution in [2.45, 2.75) is 13.0 Å².